The smallest absolute Gasteiger partial charge is 0.258 e. The van der Waals surface area contributed by atoms with Crippen LogP contribution in [0.4, 0.5) is 5.69 Å². The van der Waals surface area contributed by atoms with Crippen LogP contribution in [0.15, 0.2) is 36.4 Å². The van der Waals surface area contributed by atoms with Gasteiger partial charge in [-0.05, 0) is 36.8 Å². The number of benzene rings is 2. The number of para-hydroxylation sites is 1. The summed E-state index contributed by atoms with van der Waals surface area (Å²) in [4.78, 5) is 14.3. The quantitative estimate of drug-likeness (QED) is 0.815. The zero-order valence-corrected chi connectivity index (χ0v) is 13.3. The number of carbonyl (C=O) groups excluding carboxylic acids is 1. The Morgan fingerprint density at radius 1 is 1.18 bits per heavy atom. The summed E-state index contributed by atoms with van der Waals surface area (Å²) in [7, 11) is 0. The van der Waals surface area contributed by atoms with E-state index in [4.69, 9.17) is 23.2 Å². The number of fused-ring (bicyclic) bond motifs is 1. The highest BCUT2D eigenvalue weighted by Crippen LogP contribution is 2.39. The van der Waals surface area contributed by atoms with E-state index in [2.05, 4.69) is 0 Å². The van der Waals surface area contributed by atoms with Gasteiger partial charge in [-0.25, -0.2) is 0 Å². The number of halogens is 2. The van der Waals surface area contributed by atoms with Crippen molar-refractivity contribution in [2.75, 3.05) is 11.4 Å². The molecule has 0 saturated carbocycles. The van der Waals surface area contributed by atoms with Crippen LogP contribution >= 0.6 is 23.2 Å². The summed E-state index contributed by atoms with van der Waals surface area (Å²) >= 11 is 11.9. The largest absolute Gasteiger partial charge is 0.505 e. The maximum atomic E-state index is 12.6. The number of phenols is 1. The molecule has 2 aromatic rings. The molecule has 112 valence electrons. The van der Waals surface area contributed by atoms with Gasteiger partial charge in [-0.1, -0.05) is 41.4 Å². The van der Waals surface area contributed by atoms with Crippen molar-refractivity contribution in [2.24, 2.45) is 0 Å². The maximum absolute atomic E-state index is 12.6. The summed E-state index contributed by atoms with van der Waals surface area (Å²) in [5, 5.41) is 9.94. The molecule has 22 heavy (non-hydrogen) atoms. The molecule has 0 saturated heterocycles. The highest BCUT2D eigenvalue weighted by atomic mass is 35.5. The SMILES string of the molecule is CCN1C(=O)/C(=C\c2cc(Cl)c(O)c(Cl)c2)c2ccccc21. The number of likely N-dealkylation sites (N-methyl/N-ethyl adjacent to an activating group) is 1. The highest BCUT2D eigenvalue weighted by molar-refractivity contribution is 6.38. The number of anilines is 1. The average molecular weight is 334 g/mol. The van der Waals surface area contributed by atoms with Crippen molar-refractivity contribution in [2.45, 2.75) is 6.92 Å². The van der Waals surface area contributed by atoms with Gasteiger partial charge in [0.25, 0.3) is 5.91 Å². The van der Waals surface area contributed by atoms with E-state index < -0.39 is 0 Å². The molecule has 0 radical (unpaired) electrons. The van der Waals surface area contributed by atoms with Gasteiger partial charge in [-0.3, -0.25) is 4.79 Å². The summed E-state index contributed by atoms with van der Waals surface area (Å²) in [6, 6.07) is 10.8. The van der Waals surface area contributed by atoms with Gasteiger partial charge in [0.1, 0.15) is 0 Å². The lowest BCUT2D eigenvalue weighted by Crippen LogP contribution is -2.25. The first kappa shape index (κ1) is 14.9. The Hall–Kier alpha value is -1.97. The van der Waals surface area contributed by atoms with Gasteiger partial charge in [0.05, 0.1) is 15.7 Å². The maximum Gasteiger partial charge on any atom is 0.258 e. The molecule has 0 bridgehead atoms. The molecule has 5 heteroatoms. The van der Waals surface area contributed by atoms with Crippen molar-refractivity contribution >= 4 is 46.4 Å². The molecule has 0 atom stereocenters. The molecule has 2 aromatic carbocycles. The van der Waals surface area contributed by atoms with E-state index in [0.29, 0.717) is 17.7 Å². The van der Waals surface area contributed by atoms with Gasteiger partial charge in [0, 0.05) is 17.7 Å². The summed E-state index contributed by atoms with van der Waals surface area (Å²) < 4.78 is 0. The summed E-state index contributed by atoms with van der Waals surface area (Å²) in [6.07, 6.45) is 1.74. The van der Waals surface area contributed by atoms with Crippen molar-refractivity contribution in [3.63, 3.8) is 0 Å². The van der Waals surface area contributed by atoms with Crippen LogP contribution in [0.3, 0.4) is 0 Å². The van der Waals surface area contributed by atoms with E-state index in [1.54, 1.807) is 23.1 Å². The van der Waals surface area contributed by atoms with E-state index in [-0.39, 0.29) is 21.7 Å². The van der Waals surface area contributed by atoms with E-state index in [9.17, 15) is 9.90 Å². The number of carbonyl (C=O) groups is 1. The van der Waals surface area contributed by atoms with Gasteiger partial charge in [-0.2, -0.15) is 0 Å². The number of aromatic hydroxyl groups is 1. The lowest BCUT2D eigenvalue weighted by atomic mass is 10.0. The normalized spacial score (nSPS) is 15.5. The Balaban J connectivity index is 2.14. The Labute approximate surface area is 138 Å². The van der Waals surface area contributed by atoms with Gasteiger partial charge in [0.15, 0.2) is 5.75 Å². The second kappa shape index (κ2) is 5.67. The van der Waals surface area contributed by atoms with Crippen molar-refractivity contribution in [3.8, 4) is 5.75 Å². The monoisotopic (exact) mass is 333 g/mol. The molecular formula is C17H13Cl2NO2. The Morgan fingerprint density at radius 3 is 2.45 bits per heavy atom. The van der Waals surface area contributed by atoms with Gasteiger partial charge < -0.3 is 10.0 Å². The first-order chi connectivity index (χ1) is 10.5. The third-order valence-corrected chi connectivity index (χ3v) is 4.20. The van der Waals surface area contributed by atoms with Crippen LogP contribution in [-0.4, -0.2) is 17.6 Å². The number of rotatable bonds is 2. The predicted molar refractivity (Wildman–Crippen MR) is 90.5 cm³/mol. The zero-order chi connectivity index (χ0) is 15.9. The Bertz CT molecular complexity index is 776. The summed E-state index contributed by atoms with van der Waals surface area (Å²) in [5.74, 6) is -0.206. The molecule has 3 nitrogen and oxygen atoms in total. The molecule has 1 heterocycles. The van der Waals surface area contributed by atoms with Crippen molar-refractivity contribution in [3.05, 3.63) is 57.6 Å². The predicted octanol–water partition coefficient (Wildman–Crippen LogP) is 4.61. The second-order valence-corrected chi connectivity index (χ2v) is 5.77. The molecule has 1 amide bonds. The standard InChI is InChI=1S/C17H13Cl2NO2/c1-2-20-15-6-4-3-5-11(15)12(17(20)22)7-10-8-13(18)16(21)14(19)9-10/h3-9,21H,2H2,1H3/b12-7-. The van der Waals surface area contributed by atoms with Crippen LogP contribution in [0.5, 0.6) is 5.75 Å². The summed E-state index contributed by atoms with van der Waals surface area (Å²) in [6.45, 7) is 2.54. The topological polar surface area (TPSA) is 40.5 Å². The second-order valence-electron chi connectivity index (χ2n) is 4.96. The molecule has 0 aliphatic carbocycles. The fraction of sp³-hybridized carbons (Fsp3) is 0.118. The first-order valence-electron chi connectivity index (χ1n) is 6.84. The fourth-order valence-corrected chi connectivity index (χ4v) is 3.10. The minimum atomic E-state index is -0.154. The molecule has 1 aliphatic heterocycles. The molecule has 3 rings (SSSR count). The lowest BCUT2D eigenvalue weighted by Gasteiger charge is -2.13. The van der Waals surface area contributed by atoms with E-state index in [1.807, 2.05) is 31.2 Å². The van der Waals surface area contributed by atoms with Crippen molar-refractivity contribution < 1.29 is 9.90 Å². The van der Waals surface area contributed by atoms with Crippen molar-refractivity contribution in [1.82, 2.24) is 0 Å². The molecule has 0 fully saturated rings. The Kier molecular flexibility index (Phi) is 3.85. The number of hydrogen-bond acceptors (Lipinski definition) is 2. The van der Waals surface area contributed by atoms with Gasteiger partial charge >= 0.3 is 0 Å². The Morgan fingerprint density at radius 2 is 1.82 bits per heavy atom. The van der Waals surface area contributed by atoms with Gasteiger partial charge in [0.2, 0.25) is 0 Å². The zero-order valence-electron chi connectivity index (χ0n) is 11.8. The van der Waals surface area contributed by atoms with Crippen LogP contribution in [0, 0.1) is 0 Å². The number of amides is 1. The lowest BCUT2D eigenvalue weighted by molar-refractivity contribution is -0.112. The molecule has 0 unspecified atom stereocenters. The minimum Gasteiger partial charge on any atom is -0.505 e. The molecule has 0 aromatic heterocycles. The molecule has 1 aliphatic rings. The first-order valence-corrected chi connectivity index (χ1v) is 7.59. The summed E-state index contributed by atoms with van der Waals surface area (Å²) in [5.41, 5.74) is 3.05. The highest BCUT2D eigenvalue weighted by Gasteiger charge is 2.30. The minimum absolute atomic E-state index is 0.0518. The van der Waals surface area contributed by atoms with Crippen LogP contribution in [0.2, 0.25) is 10.0 Å². The number of phenolic OH excluding ortho intramolecular Hbond substituents is 1. The third-order valence-electron chi connectivity index (χ3n) is 3.63. The fourth-order valence-electron chi connectivity index (χ4n) is 2.60. The van der Waals surface area contributed by atoms with Crippen LogP contribution in [0.25, 0.3) is 11.6 Å². The average Bonchev–Trinajstić information content (AvgIpc) is 2.77. The van der Waals surface area contributed by atoms with E-state index >= 15 is 0 Å². The van der Waals surface area contributed by atoms with Crippen LogP contribution < -0.4 is 4.90 Å². The van der Waals surface area contributed by atoms with Crippen molar-refractivity contribution in [1.29, 1.82) is 0 Å². The van der Waals surface area contributed by atoms with E-state index in [1.165, 1.54) is 0 Å². The van der Waals surface area contributed by atoms with E-state index in [0.717, 1.165) is 11.3 Å². The molecular weight excluding hydrogens is 321 g/mol. The van der Waals surface area contributed by atoms with Crippen LogP contribution in [0.1, 0.15) is 18.1 Å². The third kappa shape index (κ3) is 2.36. The molecule has 0 spiro atoms. The van der Waals surface area contributed by atoms with Crippen LogP contribution in [-0.2, 0) is 4.79 Å². The van der Waals surface area contributed by atoms with Gasteiger partial charge in [-0.15, -0.1) is 0 Å². The number of nitrogens with zero attached hydrogens (tertiary/aromatic N) is 1. The number of hydrogen-bond donors (Lipinski definition) is 1. The molecule has 1 N–H and O–H groups in total.